The molecule has 1 aliphatic heterocycles. The number of piperidine rings is 1. The number of hydrogen-bond acceptors (Lipinski definition) is 6. The van der Waals surface area contributed by atoms with Crippen molar-refractivity contribution >= 4 is 21.8 Å². The number of nitrogens with one attached hydrogen (secondary N) is 1. The molecule has 7 nitrogen and oxygen atoms in total. The van der Waals surface area contributed by atoms with Crippen LogP contribution in [0.3, 0.4) is 0 Å². The first kappa shape index (κ1) is 22.5. The molecule has 4 rings (SSSR count). The van der Waals surface area contributed by atoms with Crippen molar-refractivity contribution in [1.82, 2.24) is 20.4 Å². The Bertz CT molecular complexity index is 1030. The van der Waals surface area contributed by atoms with E-state index < -0.39 is 0 Å². The van der Waals surface area contributed by atoms with Crippen LogP contribution in [0.1, 0.15) is 25.7 Å². The molecule has 168 valence electrons. The molecule has 0 spiro atoms. The molecular weight excluding hydrogens is 472 g/mol. The summed E-state index contributed by atoms with van der Waals surface area (Å²) in [6.07, 6.45) is 1.83. The maximum atomic E-state index is 12.8. The van der Waals surface area contributed by atoms with Crippen molar-refractivity contribution in [2.24, 2.45) is 5.92 Å². The van der Waals surface area contributed by atoms with Gasteiger partial charge in [-0.05, 0) is 50.6 Å². The van der Waals surface area contributed by atoms with Crippen LogP contribution in [-0.2, 0) is 11.3 Å². The van der Waals surface area contributed by atoms with Gasteiger partial charge in [-0.2, -0.15) is 4.98 Å². The summed E-state index contributed by atoms with van der Waals surface area (Å²) in [5, 5.41) is 7.19. The number of carbonyl (C=O) groups excluding carboxylic acids is 1. The quantitative estimate of drug-likeness (QED) is 0.498. The van der Waals surface area contributed by atoms with Crippen molar-refractivity contribution < 1.29 is 14.1 Å². The monoisotopic (exact) mass is 498 g/mol. The summed E-state index contributed by atoms with van der Waals surface area (Å²) >= 11 is 3.46. The van der Waals surface area contributed by atoms with E-state index in [1.54, 1.807) is 0 Å². The van der Waals surface area contributed by atoms with Gasteiger partial charge < -0.3 is 14.6 Å². The lowest BCUT2D eigenvalue weighted by atomic mass is 9.97. The van der Waals surface area contributed by atoms with Gasteiger partial charge in [-0.25, -0.2) is 0 Å². The highest BCUT2D eigenvalue weighted by Crippen LogP contribution is 2.22. The van der Waals surface area contributed by atoms with Crippen LogP contribution in [0, 0.1) is 5.92 Å². The third-order valence-corrected chi connectivity index (χ3v) is 5.91. The van der Waals surface area contributed by atoms with E-state index in [9.17, 15) is 4.79 Å². The topological polar surface area (TPSA) is 80.5 Å². The highest BCUT2D eigenvalue weighted by atomic mass is 79.9. The summed E-state index contributed by atoms with van der Waals surface area (Å²) in [5.74, 6) is 1.94. The fraction of sp³-hybridized carbons (Fsp3) is 0.375. The van der Waals surface area contributed by atoms with Crippen LogP contribution in [0.25, 0.3) is 11.4 Å². The van der Waals surface area contributed by atoms with E-state index in [-0.39, 0.29) is 17.9 Å². The molecule has 3 aromatic rings. The Balaban J connectivity index is 1.27. The van der Waals surface area contributed by atoms with Crippen molar-refractivity contribution in [3.05, 3.63) is 65.0 Å². The minimum Gasteiger partial charge on any atom is -0.491 e. The molecule has 0 bridgehead atoms. The van der Waals surface area contributed by atoms with Gasteiger partial charge in [0, 0.05) is 16.6 Å². The second-order valence-electron chi connectivity index (χ2n) is 8.13. The van der Waals surface area contributed by atoms with Crippen LogP contribution in [0.5, 0.6) is 5.75 Å². The number of rotatable bonds is 8. The number of benzene rings is 2. The summed E-state index contributed by atoms with van der Waals surface area (Å²) in [6, 6.07) is 17.4. The number of likely N-dealkylation sites (tertiary alicyclic amines) is 1. The molecule has 1 saturated heterocycles. The number of ether oxygens (including phenoxy) is 1. The number of hydrogen-bond donors (Lipinski definition) is 1. The second kappa shape index (κ2) is 10.7. The largest absolute Gasteiger partial charge is 0.491 e. The maximum absolute atomic E-state index is 12.8. The Labute approximate surface area is 196 Å². The minimum atomic E-state index is -0.0678. The Hall–Kier alpha value is -2.71. The van der Waals surface area contributed by atoms with Crippen LogP contribution in [-0.4, -0.2) is 46.7 Å². The molecule has 1 N–H and O–H groups in total. The number of halogens is 1. The molecule has 32 heavy (non-hydrogen) atoms. The van der Waals surface area contributed by atoms with Crippen LogP contribution in [0.2, 0.25) is 0 Å². The van der Waals surface area contributed by atoms with E-state index in [0.717, 1.165) is 35.2 Å². The molecule has 8 heteroatoms. The van der Waals surface area contributed by atoms with Gasteiger partial charge >= 0.3 is 0 Å². The average Bonchev–Trinajstić information content (AvgIpc) is 3.27. The lowest BCUT2D eigenvalue weighted by Gasteiger charge is -2.31. The second-order valence-corrected chi connectivity index (χ2v) is 9.05. The fourth-order valence-electron chi connectivity index (χ4n) is 3.81. The molecule has 0 saturated carbocycles. The first-order valence-corrected chi connectivity index (χ1v) is 11.7. The van der Waals surface area contributed by atoms with Gasteiger partial charge in [-0.15, -0.1) is 0 Å². The fourth-order valence-corrected chi connectivity index (χ4v) is 4.21. The van der Waals surface area contributed by atoms with Crippen molar-refractivity contribution in [2.45, 2.75) is 32.4 Å². The van der Waals surface area contributed by atoms with Gasteiger partial charge in [-0.1, -0.05) is 51.4 Å². The van der Waals surface area contributed by atoms with E-state index in [2.05, 4.69) is 36.3 Å². The predicted molar refractivity (Wildman–Crippen MR) is 125 cm³/mol. The third kappa shape index (κ3) is 6.17. The Morgan fingerprint density at radius 1 is 1.28 bits per heavy atom. The SMILES string of the molecule is CC(COc1ccccc1)NC(=O)C1CCCN(Cc2nc(-c3cccc(Br)c3)no2)C1. The first-order chi connectivity index (χ1) is 15.6. The zero-order valence-corrected chi connectivity index (χ0v) is 19.6. The number of nitrogens with zero attached hydrogens (tertiary/aromatic N) is 3. The molecule has 2 aromatic carbocycles. The van der Waals surface area contributed by atoms with E-state index in [1.165, 1.54) is 0 Å². The Morgan fingerprint density at radius 2 is 2.12 bits per heavy atom. The van der Waals surface area contributed by atoms with E-state index in [0.29, 0.717) is 31.4 Å². The minimum absolute atomic E-state index is 0.0598. The van der Waals surface area contributed by atoms with Crippen molar-refractivity contribution in [3.8, 4) is 17.1 Å². The lowest BCUT2D eigenvalue weighted by Crippen LogP contribution is -2.46. The summed E-state index contributed by atoms with van der Waals surface area (Å²) < 4.78 is 12.2. The first-order valence-electron chi connectivity index (χ1n) is 10.9. The molecule has 2 heterocycles. The maximum Gasteiger partial charge on any atom is 0.241 e. The zero-order chi connectivity index (χ0) is 22.3. The molecule has 0 radical (unpaired) electrons. The van der Waals surface area contributed by atoms with Crippen LogP contribution >= 0.6 is 15.9 Å². The third-order valence-electron chi connectivity index (χ3n) is 5.42. The van der Waals surface area contributed by atoms with Gasteiger partial charge in [0.2, 0.25) is 17.6 Å². The molecule has 2 atom stereocenters. The van der Waals surface area contributed by atoms with Crippen LogP contribution in [0.15, 0.2) is 63.6 Å². The summed E-state index contributed by atoms with van der Waals surface area (Å²) in [4.78, 5) is 19.5. The number of carbonyl (C=O) groups is 1. The number of amides is 1. The molecular formula is C24H27BrN4O3. The van der Waals surface area contributed by atoms with Gasteiger partial charge in [-0.3, -0.25) is 9.69 Å². The van der Waals surface area contributed by atoms with Crippen molar-refractivity contribution in [3.63, 3.8) is 0 Å². The smallest absolute Gasteiger partial charge is 0.241 e. The highest BCUT2D eigenvalue weighted by Gasteiger charge is 2.27. The molecule has 1 amide bonds. The van der Waals surface area contributed by atoms with E-state index >= 15 is 0 Å². The summed E-state index contributed by atoms with van der Waals surface area (Å²) in [6.45, 7) is 4.52. The highest BCUT2D eigenvalue weighted by molar-refractivity contribution is 9.10. The Morgan fingerprint density at radius 3 is 2.94 bits per heavy atom. The van der Waals surface area contributed by atoms with Crippen molar-refractivity contribution in [1.29, 1.82) is 0 Å². The number of para-hydroxylation sites is 1. The van der Waals surface area contributed by atoms with Crippen LogP contribution < -0.4 is 10.1 Å². The Kier molecular flexibility index (Phi) is 7.55. The van der Waals surface area contributed by atoms with Gasteiger partial charge in [0.15, 0.2) is 0 Å². The standard InChI is InChI=1S/C24H27BrN4O3/c1-17(16-31-21-10-3-2-4-11-21)26-24(30)19-8-6-12-29(14-19)15-22-27-23(28-32-22)18-7-5-9-20(25)13-18/h2-5,7,9-11,13,17,19H,6,8,12,14-16H2,1H3,(H,26,30). The average molecular weight is 499 g/mol. The van der Waals surface area contributed by atoms with Crippen molar-refractivity contribution in [2.75, 3.05) is 19.7 Å². The van der Waals surface area contributed by atoms with E-state index in [1.807, 2.05) is 61.5 Å². The predicted octanol–water partition coefficient (Wildman–Crippen LogP) is 4.29. The van der Waals surface area contributed by atoms with Crippen LogP contribution in [0.4, 0.5) is 0 Å². The molecule has 1 aromatic heterocycles. The lowest BCUT2D eigenvalue weighted by molar-refractivity contribution is -0.127. The van der Waals surface area contributed by atoms with Gasteiger partial charge in [0.1, 0.15) is 12.4 Å². The van der Waals surface area contributed by atoms with Gasteiger partial charge in [0.05, 0.1) is 18.5 Å². The zero-order valence-electron chi connectivity index (χ0n) is 18.0. The normalized spacial score (nSPS) is 17.6. The molecule has 1 aliphatic rings. The van der Waals surface area contributed by atoms with E-state index in [4.69, 9.17) is 9.26 Å². The van der Waals surface area contributed by atoms with Gasteiger partial charge in [0.25, 0.3) is 0 Å². The summed E-state index contributed by atoms with van der Waals surface area (Å²) in [5.41, 5.74) is 0.900. The molecule has 1 fully saturated rings. The molecule has 0 aliphatic carbocycles. The summed E-state index contributed by atoms with van der Waals surface area (Å²) in [7, 11) is 0. The number of aromatic nitrogens is 2. The molecule has 2 unspecified atom stereocenters.